The Hall–Kier alpha value is -0.570. The topological polar surface area (TPSA) is 39.2 Å². The minimum Gasteiger partial charge on any atom is -0.387 e. The molecule has 1 aromatic heterocycles. The molecule has 0 unspecified atom stereocenters. The van der Waals surface area contributed by atoms with Gasteiger partial charge in [-0.3, -0.25) is 4.79 Å². The molecule has 0 spiro atoms. The van der Waals surface area contributed by atoms with E-state index in [1.165, 1.54) is 6.07 Å². The number of aldehydes is 1. The molecule has 0 amide bonds. The quantitative estimate of drug-likeness (QED) is 0.469. The van der Waals surface area contributed by atoms with Gasteiger partial charge in [-0.25, -0.2) is 4.98 Å². The van der Waals surface area contributed by atoms with Gasteiger partial charge in [0.15, 0.2) is 6.29 Å². The van der Waals surface area contributed by atoms with Crippen molar-refractivity contribution in [3.8, 4) is 5.88 Å². The summed E-state index contributed by atoms with van der Waals surface area (Å²) in [7, 11) is 0. The molecule has 1 heterocycles. The van der Waals surface area contributed by atoms with Crippen LogP contribution < -0.4 is 4.74 Å². The summed E-state index contributed by atoms with van der Waals surface area (Å²) in [5.41, 5.74) is 0.199. The van der Waals surface area contributed by atoms with Gasteiger partial charge in [0.05, 0.1) is 15.1 Å². The molecule has 3 nitrogen and oxygen atoms in total. The molecule has 0 radical (unpaired) electrons. The molecule has 0 N–H and O–H groups in total. The highest BCUT2D eigenvalue weighted by Crippen LogP contribution is 2.27. The molecule has 0 aliphatic carbocycles. The third-order valence-corrected chi connectivity index (χ3v) is 2.55. The van der Waals surface area contributed by atoms with Crippen molar-refractivity contribution >= 4 is 40.5 Å². The summed E-state index contributed by atoms with van der Waals surface area (Å²) >= 11 is 7.04. The predicted octanol–water partition coefficient (Wildman–Crippen LogP) is 3.14. The number of carbonyl (C=O) groups excluding carboxylic acids is 1. The lowest BCUT2D eigenvalue weighted by Gasteiger charge is -2.11. The third-order valence-electron chi connectivity index (χ3n) is 1.52. The molecule has 1 rings (SSSR count). The van der Waals surface area contributed by atoms with Crippen molar-refractivity contribution in [1.82, 2.24) is 4.98 Å². The van der Waals surface area contributed by atoms with E-state index in [0.29, 0.717) is 6.29 Å². The van der Waals surface area contributed by atoms with Gasteiger partial charge in [-0.05, 0) is 28.7 Å². The van der Waals surface area contributed by atoms with Gasteiger partial charge in [0.25, 0.3) is 0 Å². The van der Waals surface area contributed by atoms with Crippen LogP contribution in [0.5, 0.6) is 5.88 Å². The number of nitrogens with zero attached hydrogens (tertiary/aromatic N) is 1. The van der Waals surface area contributed by atoms with E-state index in [4.69, 9.17) is 11.6 Å². The minimum atomic E-state index is -4.82. The molecule has 88 valence electrons. The van der Waals surface area contributed by atoms with Gasteiger partial charge in [-0.15, -0.1) is 24.8 Å². The maximum Gasteiger partial charge on any atom is 0.574 e. The smallest absolute Gasteiger partial charge is 0.387 e. The summed E-state index contributed by atoms with van der Waals surface area (Å²) in [6.07, 6.45) is -4.34. The molecule has 0 aliphatic heterocycles. The van der Waals surface area contributed by atoms with Gasteiger partial charge in [0.2, 0.25) is 5.88 Å². The van der Waals surface area contributed by atoms with Gasteiger partial charge in [-0.1, -0.05) is 0 Å². The summed E-state index contributed by atoms with van der Waals surface area (Å²) in [5, 5.41) is 0. The summed E-state index contributed by atoms with van der Waals surface area (Å²) in [5.74, 6) is -0.770. The SMILES string of the molecule is O=Cc1cc(I)c(OC(F)(F)F)nc1CCl. The second kappa shape index (κ2) is 5.17. The third kappa shape index (κ3) is 3.48. The van der Waals surface area contributed by atoms with E-state index < -0.39 is 12.2 Å². The molecule has 0 atom stereocenters. The maximum atomic E-state index is 12.0. The molecular formula is C8H4ClF3INO2. The normalized spacial score (nSPS) is 11.3. The lowest BCUT2D eigenvalue weighted by atomic mass is 10.2. The molecule has 16 heavy (non-hydrogen) atoms. The molecule has 0 saturated heterocycles. The van der Waals surface area contributed by atoms with Crippen LogP contribution in [0.3, 0.4) is 0 Å². The number of pyridine rings is 1. The van der Waals surface area contributed by atoms with E-state index in [1.54, 1.807) is 22.6 Å². The highest BCUT2D eigenvalue weighted by Gasteiger charge is 2.33. The first kappa shape index (κ1) is 13.5. The van der Waals surface area contributed by atoms with E-state index in [-0.39, 0.29) is 20.7 Å². The summed E-state index contributed by atoms with van der Waals surface area (Å²) in [6.45, 7) is 0. The van der Waals surface area contributed by atoms with Crippen LogP contribution in [0.25, 0.3) is 0 Å². The summed E-state index contributed by atoms with van der Waals surface area (Å²) in [6, 6.07) is 1.24. The Bertz CT molecular complexity index is 411. The predicted molar refractivity (Wildman–Crippen MR) is 58.6 cm³/mol. The monoisotopic (exact) mass is 365 g/mol. The van der Waals surface area contributed by atoms with Gasteiger partial charge >= 0.3 is 6.36 Å². The first-order valence-electron chi connectivity index (χ1n) is 3.83. The number of hydrogen-bond acceptors (Lipinski definition) is 3. The first-order chi connectivity index (χ1) is 7.37. The second-order valence-electron chi connectivity index (χ2n) is 2.61. The molecule has 0 saturated carbocycles. The second-order valence-corrected chi connectivity index (χ2v) is 4.04. The molecule has 1 aromatic rings. The Morgan fingerprint density at radius 2 is 2.19 bits per heavy atom. The highest BCUT2D eigenvalue weighted by molar-refractivity contribution is 14.1. The van der Waals surface area contributed by atoms with Gasteiger partial charge in [0, 0.05) is 5.56 Å². The van der Waals surface area contributed by atoms with Crippen molar-refractivity contribution < 1.29 is 22.7 Å². The van der Waals surface area contributed by atoms with E-state index >= 15 is 0 Å². The van der Waals surface area contributed by atoms with Gasteiger partial charge in [-0.2, -0.15) is 0 Å². The average Bonchev–Trinajstić information content (AvgIpc) is 2.18. The molecule has 0 fully saturated rings. The number of alkyl halides is 4. The number of hydrogen-bond donors (Lipinski definition) is 0. The number of rotatable bonds is 3. The van der Waals surface area contributed by atoms with Crippen LogP contribution in [0.1, 0.15) is 16.1 Å². The van der Waals surface area contributed by atoms with Crippen LogP contribution in [0.2, 0.25) is 0 Å². The number of halogens is 5. The van der Waals surface area contributed by atoms with Crippen LogP contribution in [-0.2, 0) is 5.88 Å². The number of carbonyl (C=O) groups is 1. The summed E-state index contributed by atoms with van der Waals surface area (Å²) < 4.78 is 39.7. The van der Waals surface area contributed by atoms with E-state index in [0.717, 1.165) is 0 Å². The maximum absolute atomic E-state index is 12.0. The zero-order valence-electron chi connectivity index (χ0n) is 7.52. The lowest BCUT2D eigenvalue weighted by Crippen LogP contribution is -2.19. The Labute approximate surface area is 107 Å². The molecule has 0 aromatic carbocycles. The Morgan fingerprint density at radius 3 is 2.62 bits per heavy atom. The van der Waals surface area contributed by atoms with Crippen molar-refractivity contribution in [2.45, 2.75) is 12.2 Å². The van der Waals surface area contributed by atoms with Gasteiger partial charge < -0.3 is 4.74 Å². The number of aromatic nitrogens is 1. The van der Waals surface area contributed by atoms with Crippen LogP contribution >= 0.6 is 34.2 Å². The first-order valence-corrected chi connectivity index (χ1v) is 5.45. The van der Waals surface area contributed by atoms with Crippen LogP contribution in [0, 0.1) is 3.57 Å². The molecular weight excluding hydrogens is 361 g/mol. The van der Waals surface area contributed by atoms with Crippen molar-refractivity contribution in [2.75, 3.05) is 0 Å². The van der Waals surface area contributed by atoms with E-state index in [9.17, 15) is 18.0 Å². The fourth-order valence-corrected chi connectivity index (χ4v) is 1.69. The standard InChI is InChI=1S/C8H4ClF3INO2/c9-2-6-4(3-15)1-5(13)7(14-6)16-8(10,11)12/h1,3H,2H2. The van der Waals surface area contributed by atoms with Crippen molar-refractivity contribution in [3.63, 3.8) is 0 Å². The Kier molecular flexibility index (Phi) is 4.36. The van der Waals surface area contributed by atoms with E-state index in [2.05, 4.69) is 9.72 Å². The highest BCUT2D eigenvalue weighted by atomic mass is 127. The van der Waals surface area contributed by atoms with Crippen molar-refractivity contribution in [1.29, 1.82) is 0 Å². The molecule has 0 bridgehead atoms. The largest absolute Gasteiger partial charge is 0.574 e. The minimum absolute atomic E-state index is 0.0522. The van der Waals surface area contributed by atoms with Crippen LogP contribution in [-0.4, -0.2) is 17.6 Å². The molecule has 0 aliphatic rings. The fraction of sp³-hybridized carbons (Fsp3) is 0.250. The zero-order chi connectivity index (χ0) is 12.3. The van der Waals surface area contributed by atoms with Crippen LogP contribution in [0.4, 0.5) is 13.2 Å². The Balaban J connectivity index is 3.16. The van der Waals surface area contributed by atoms with Gasteiger partial charge in [0.1, 0.15) is 0 Å². The van der Waals surface area contributed by atoms with Crippen molar-refractivity contribution in [2.24, 2.45) is 0 Å². The Morgan fingerprint density at radius 1 is 1.56 bits per heavy atom. The summed E-state index contributed by atoms with van der Waals surface area (Å²) in [4.78, 5) is 14.1. The fourth-order valence-electron chi connectivity index (χ4n) is 0.912. The molecule has 8 heteroatoms. The zero-order valence-corrected chi connectivity index (χ0v) is 10.4. The average molecular weight is 365 g/mol. The van der Waals surface area contributed by atoms with Crippen LogP contribution in [0.15, 0.2) is 6.07 Å². The van der Waals surface area contributed by atoms with Crippen molar-refractivity contribution in [3.05, 3.63) is 20.9 Å². The number of ether oxygens (including phenoxy) is 1. The lowest BCUT2D eigenvalue weighted by molar-refractivity contribution is -0.276. The van der Waals surface area contributed by atoms with E-state index in [1.807, 2.05) is 0 Å².